The van der Waals surface area contributed by atoms with Crippen molar-refractivity contribution in [2.24, 2.45) is 5.41 Å². The van der Waals surface area contributed by atoms with Crippen molar-refractivity contribution in [3.05, 3.63) is 18.2 Å². The van der Waals surface area contributed by atoms with Gasteiger partial charge in [0.05, 0.1) is 18.5 Å². The molecule has 0 aliphatic carbocycles. The molecule has 1 saturated heterocycles. The summed E-state index contributed by atoms with van der Waals surface area (Å²) < 4.78 is 5.29. The van der Waals surface area contributed by atoms with E-state index in [1.54, 1.807) is 7.11 Å². The number of nitrogens with two attached hydrogens (primary N) is 1. The number of nitrogen functional groups attached to an aromatic ring is 1. The lowest BCUT2D eigenvalue weighted by molar-refractivity contribution is 0.301. The van der Waals surface area contributed by atoms with Crippen molar-refractivity contribution >= 4 is 11.4 Å². The van der Waals surface area contributed by atoms with Gasteiger partial charge in [-0.2, -0.15) is 0 Å². The minimum atomic E-state index is 0.468. The van der Waals surface area contributed by atoms with Crippen LogP contribution in [0.15, 0.2) is 18.2 Å². The maximum Gasteiger partial charge on any atom is 0.121 e. The van der Waals surface area contributed by atoms with Crippen LogP contribution in [0.5, 0.6) is 5.75 Å². The van der Waals surface area contributed by atoms with Gasteiger partial charge in [0.1, 0.15) is 5.75 Å². The van der Waals surface area contributed by atoms with Gasteiger partial charge >= 0.3 is 0 Å². The van der Waals surface area contributed by atoms with Crippen LogP contribution >= 0.6 is 0 Å². The highest BCUT2D eigenvalue weighted by Gasteiger charge is 2.35. The smallest absolute Gasteiger partial charge is 0.121 e. The first kappa shape index (κ1) is 13.1. The molecule has 1 aromatic rings. The van der Waals surface area contributed by atoms with E-state index in [1.165, 1.54) is 19.3 Å². The number of anilines is 2. The molecule has 1 aromatic carbocycles. The molecule has 0 unspecified atom stereocenters. The molecule has 100 valence electrons. The predicted molar refractivity (Wildman–Crippen MR) is 77.3 cm³/mol. The van der Waals surface area contributed by atoms with Crippen molar-refractivity contribution in [1.82, 2.24) is 0 Å². The number of ether oxygens (including phenoxy) is 1. The van der Waals surface area contributed by atoms with Gasteiger partial charge in [-0.25, -0.2) is 0 Å². The summed E-state index contributed by atoms with van der Waals surface area (Å²) in [5.41, 5.74) is 8.54. The van der Waals surface area contributed by atoms with Gasteiger partial charge < -0.3 is 15.4 Å². The molecule has 0 aromatic heterocycles. The summed E-state index contributed by atoms with van der Waals surface area (Å²) in [4.78, 5) is 2.41. The van der Waals surface area contributed by atoms with Crippen LogP contribution in [-0.4, -0.2) is 20.2 Å². The van der Waals surface area contributed by atoms with Crippen molar-refractivity contribution in [1.29, 1.82) is 0 Å². The first-order chi connectivity index (χ1) is 8.64. The largest absolute Gasteiger partial charge is 0.497 e. The van der Waals surface area contributed by atoms with E-state index in [4.69, 9.17) is 10.5 Å². The molecule has 2 rings (SSSR count). The number of hydrogen-bond donors (Lipinski definition) is 1. The molecule has 18 heavy (non-hydrogen) atoms. The summed E-state index contributed by atoms with van der Waals surface area (Å²) in [5.74, 6) is 0.879. The predicted octanol–water partition coefficient (Wildman–Crippen LogP) is 3.29. The Kier molecular flexibility index (Phi) is 3.69. The van der Waals surface area contributed by atoms with E-state index >= 15 is 0 Å². The van der Waals surface area contributed by atoms with Gasteiger partial charge in [0, 0.05) is 19.2 Å². The van der Waals surface area contributed by atoms with Crippen LogP contribution in [-0.2, 0) is 0 Å². The van der Waals surface area contributed by atoms with Crippen molar-refractivity contribution < 1.29 is 4.74 Å². The average molecular weight is 248 g/mol. The lowest BCUT2D eigenvalue weighted by Crippen LogP contribution is -2.26. The van der Waals surface area contributed by atoms with Gasteiger partial charge in [-0.3, -0.25) is 0 Å². The summed E-state index contributed by atoms with van der Waals surface area (Å²) in [6.07, 6.45) is 3.74. The van der Waals surface area contributed by atoms with Crippen LogP contribution < -0.4 is 15.4 Å². The van der Waals surface area contributed by atoms with Gasteiger partial charge in [0.25, 0.3) is 0 Å². The molecular formula is C15H24N2O. The van der Waals surface area contributed by atoms with Crippen LogP contribution in [0.4, 0.5) is 11.4 Å². The summed E-state index contributed by atoms with van der Waals surface area (Å²) in [5, 5.41) is 0. The van der Waals surface area contributed by atoms with E-state index < -0.39 is 0 Å². The Labute approximate surface area is 110 Å². The Morgan fingerprint density at radius 2 is 2.06 bits per heavy atom. The third-order valence-electron chi connectivity index (χ3n) is 4.52. The normalized spacial score (nSPS) is 18.1. The number of benzene rings is 1. The maximum absolute atomic E-state index is 6.10. The lowest BCUT2D eigenvalue weighted by atomic mass is 9.82. The van der Waals surface area contributed by atoms with E-state index in [-0.39, 0.29) is 0 Å². The summed E-state index contributed by atoms with van der Waals surface area (Å²) in [6, 6.07) is 5.91. The number of methoxy groups -OCH3 is 1. The summed E-state index contributed by atoms with van der Waals surface area (Å²) >= 11 is 0. The third-order valence-corrected chi connectivity index (χ3v) is 4.52. The van der Waals surface area contributed by atoms with Crippen LogP contribution in [0.3, 0.4) is 0 Å². The van der Waals surface area contributed by atoms with E-state index in [9.17, 15) is 0 Å². The molecule has 0 saturated carbocycles. The van der Waals surface area contributed by atoms with E-state index in [2.05, 4.69) is 24.8 Å². The molecule has 1 aliphatic rings. The number of rotatable bonds is 4. The SMILES string of the molecule is CCC1(CC)CCN(c2cc(OC)ccc2N)C1. The monoisotopic (exact) mass is 248 g/mol. The van der Waals surface area contributed by atoms with Crippen molar-refractivity contribution in [2.75, 3.05) is 30.8 Å². The van der Waals surface area contributed by atoms with Crippen molar-refractivity contribution in [3.63, 3.8) is 0 Å². The molecule has 0 amide bonds. The molecule has 0 atom stereocenters. The van der Waals surface area contributed by atoms with Gasteiger partial charge in [-0.1, -0.05) is 13.8 Å². The minimum absolute atomic E-state index is 0.468. The Bertz CT molecular complexity index is 413. The Morgan fingerprint density at radius 3 is 2.61 bits per heavy atom. The number of nitrogens with zero attached hydrogens (tertiary/aromatic N) is 1. The highest BCUT2D eigenvalue weighted by molar-refractivity contribution is 5.70. The quantitative estimate of drug-likeness (QED) is 0.831. The van der Waals surface area contributed by atoms with Gasteiger partial charge in [0.15, 0.2) is 0 Å². The first-order valence-corrected chi connectivity index (χ1v) is 6.82. The van der Waals surface area contributed by atoms with Gasteiger partial charge in [0.2, 0.25) is 0 Å². The second-order valence-corrected chi connectivity index (χ2v) is 5.30. The Balaban J connectivity index is 2.23. The Hall–Kier alpha value is -1.38. The molecule has 0 spiro atoms. The average Bonchev–Trinajstić information content (AvgIpc) is 2.84. The second kappa shape index (κ2) is 5.09. The van der Waals surface area contributed by atoms with Gasteiger partial charge in [-0.05, 0) is 36.8 Å². The van der Waals surface area contributed by atoms with Crippen LogP contribution in [0, 0.1) is 5.41 Å². The molecule has 3 heteroatoms. The van der Waals surface area contributed by atoms with E-state index in [0.29, 0.717) is 5.41 Å². The van der Waals surface area contributed by atoms with E-state index in [0.717, 1.165) is 30.2 Å². The lowest BCUT2D eigenvalue weighted by Gasteiger charge is -2.28. The maximum atomic E-state index is 6.10. The Morgan fingerprint density at radius 1 is 1.33 bits per heavy atom. The molecule has 2 N–H and O–H groups in total. The fourth-order valence-electron chi connectivity index (χ4n) is 2.89. The highest BCUT2D eigenvalue weighted by atomic mass is 16.5. The highest BCUT2D eigenvalue weighted by Crippen LogP contribution is 2.41. The third kappa shape index (κ3) is 2.26. The molecular weight excluding hydrogens is 224 g/mol. The fraction of sp³-hybridized carbons (Fsp3) is 0.600. The zero-order valence-electron chi connectivity index (χ0n) is 11.7. The second-order valence-electron chi connectivity index (χ2n) is 5.30. The van der Waals surface area contributed by atoms with Gasteiger partial charge in [-0.15, -0.1) is 0 Å². The molecule has 1 heterocycles. The minimum Gasteiger partial charge on any atom is -0.497 e. The molecule has 0 bridgehead atoms. The standard InChI is InChI=1S/C15H24N2O/c1-4-15(5-2)8-9-17(11-15)14-10-12(18-3)6-7-13(14)16/h6-7,10H,4-5,8-9,11,16H2,1-3H3. The van der Waals surface area contributed by atoms with Crippen LogP contribution in [0.25, 0.3) is 0 Å². The number of hydrogen-bond acceptors (Lipinski definition) is 3. The first-order valence-electron chi connectivity index (χ1n) is 6.82. The topological polar surface area (TPSA) is 38.5 Å². The summed E-state index contributed by atoms with van der Waals surface area (Å²) in [6.45, 7) is 6.79. The molecule has 3 nitrogen and oxygen atoms in total. The zero-order chi connectivity index (χ0) is 13.2. The molecule has 0 radical (unpaired) electrons. The van der Waals surface area contributed by atoms with E-state index in [1.807, 2.05) is 12.1 Å². The van der Waals surface area contributed by atoms with Crippen LogP contribution in [0.2, 0.25) is 0 Å². The molecule has 1 aliphatic heterocycles. The zero-order valence-corrected chi connectivity index (χ0v) is 11.7. The fourth-order valence-corrected chi connectivity index (χ4v) is 2.89. The van der Waals surface area contributed by atoms with Crippen LogP contribution in [0.1, 0.15) is 33.1 Å². The van der Waals surface area contributed by atoms with Crippen molar-refractivity contribution in [3.8, 4) is 5.75 Å². The molecule has 1 fully saturated rings. The summed E-state index contributed by atoms with van der Waals surface area (Å²) in [7, 11) is 1.70. The van der Waals surface area contributed by atoms with Crippen molar-refractivity contribution in [2.45, 2.75) is 33.1 Å².